The third-order valence-corrected chi connectivity index (χ3v) is 2.15. The highest BCUT2D eigenvalue weighted by Gasteiger charge is 2.28. The average Bonchev–Trinajstić information content (AvgIpc) is 2.62. The molecule has 5 heteroatoms. The fourth-order valence-electron chi connectivity index (χ4n) is 1.34. The molecule has 0 spiro atoms. The smallest absolute Gasteiger partial charge is 0.342 e. The van der Waals surface area contributed by atoms with Crippen LogP contribution in [-0.2, 0) is 16.6 Å². The van der Waals surface area contributed by atoms with E-state index >= 15 is 0 Å². The van der Waals surface area contributed by atoms with Gasteiger partial charge in [0.05, 0.1) is 12.6 Å². The monoisotopic (exact) mass is 214 g/mol. The van der Waals surface area contributed by atoms with Gasteiger partial charge in [-0.25, -0.2) is 9.18 Å². The van der Waals surface area contributed by atoms with Gasteiger partial charge in [0, 0.05) is 18.9 Å². The number of alkyl halides is 1. The molecule has 1 unspecified atom stereocenters. The number of hydrogen-bond donors (Lipinski definition) is 1. The van der Waals surface area contributed by atoms with Crippen molar-refractivity contribution in [1.82, 2.24) is 4.57 Å². The summed E-state index contributed by atoms with van der Waals surface area (Å²) >= 11 is 0. The van der Waals surface area contributed by atoms with Gasteiger partial charge in [-0.15, -0.1) is 0 Å². The van der Waals surface area contributed by atoms with Crippen LogP contribution in [0.15, 0.2) is 18.3 Å². The molecule has 0 aliphatic carbocycles. The number of esters is 1. The minimum atomic E-state index is -1.82. The third kappa shape index (κ3) is 2.56. The van der Waals surface area contributed by atoms with Gasteiger partial charge < -0.3 is 15.0 Å². The molecule has 0 saturated carbocycles. The predicted octanol–water partition coefficient (Wildman–Crippen LogP) is 0.926. The van der Waals surface area contributed by atoms with Crippen molar-refractivity contribution in [1.29, 1.82) is 0 Å². The molecular formula is C10H15FN2O2. The molecule has 1 rings (SSSR count). The molecule has 0 saturated heterocycles. The Morgan fingerprint density at radius 3 is 2.87 bits per heavy atom. The number of carbonyl (C=O) groups is 1. The molecule has 0 bridgehead atoms. The van der Waals surface area contributed by atoms with Crippen molar-refractivity contribution in [2.45, 2.75) is 19.1 Å². The minimum absolute atomic E-state index is 0.152. The van der Waals surface area contributed by atoms with E-state index in [-0.39, 0.29) is 6.61 Å². The second-order valence-electron chi connectivity index (χ2n) is 3.22. The van der Waals surface area contributed by atoms with Gasteiger partial charge in [0.1, 0.15) is 0 Å². The Bertz CT molecular complexity index is 338. The summed E-state index contributed by atoms with van der Waals surface area (Å²) in [4.78, 5) is 11.1. The Morgan fingerprint density at radius 2 is 2.40 bits per heavy atom. The van der Waals surface area contributed by atoms with Gasteiger partial charge in [-0.05, 0) is 19.1 Å². The van der Waals surface area contributed by atoms with E-state index in [2.05, 4.69) is 4.74 Å². The molecule has 15 heavy (non-hydrogen) atoms. The van der Waals surface area contributed by atoms with Crippen molar-refractivity contribution in [2.24, 2.45) is 12.8 Å². The lowest BCUT2D eigenvalue weighted by molar-refractivity contribution is -0.150. The predicted molar refractivity (Wildman–Crippen MR) is 53.9 cm³/mol. The largest absolute Gasteiger partial charge is 0.464 e. The Morgan fingerprint density at radius 1 is 1.73 bits per heavy atom. The molecule has 2 atom stereocenters. The van der Waals surface area contributed by atoms with E-state index in [1.54, 1.807) is 36.9 Å². The number of nitrogens with two attached hydrogens (primary N) is 1. The van der Waals surface area contributed by atoms with E-state index < -0.39 is 18.2 Å². The zero-order chi connectivity index (χ0) is 11.4. The molecule has 0 fully saturated rings. The van der Waals surface area contributed by atoms with Gasteiger partial charge >= 0.3 is 5.97 Å². The number of aryl methyl sites for hydroxylation is 1. The highest BCUT2D eigenvalue weighted by Crippen LogP contribution is 2.17. The summed E-state index contributed by atoms with van der Waals surface area (Å²) in [6, 6.07) is 2.44. The quantitative estimate of drug-likeness (QED) is 0.758. The number of ether oxygens (including phenoxy) is 1. The summed E-state index contributed by atoms with van der Waals surface area (Å²) < 4.78 is 19.7. The highest BCUT2D eigenvalue weighted by atomic mass is 19.1. The first-order valence-corrected chi connectivity index (χ1v) is 4.75. The number of aromatic nitrogens is 1. The lowest BCUT2D eigenvalue weighted by atomic mass is 10.1. The van der Waals surface area contributed by atoms with Gasteiger partial charge in [-0.3, -0.25) is 0 Å². The lowest BCUT2D eigenvalue weighted by Crippen LogP contribution is -2.32. The van der Waals surface area contributed by atoms with Crippen molar-refractivity contribution in [3.8, 4) is 0 Å². The second-order valence-corrected chi connectivity index (χ2v) is 3.22. The first kappa shape index (κ1) is 11.7. The van der Waals surface area contributed by atoms with E-state index in [0.29, 0.717) is 5.69 Å². The molecule has 1 aromatic heterocycles. The van der Waals surface area contributed by atoms with Crippen LogP contribution in [-0.4, -0.2) is 23.3 Å². The molecule has 0 aliphatic heterocycles. The zero-order valence-corrected chi connectivity index (χ0v) is 8.81. The average molecular weight is 214 g/mol. The molecule has 1 heterocycles. The Kier molecular flexibility index (Phi) is 3.85. The number of halogens is 1. The number of hydrogen-bond acceptors (Lipinski definition) is 3. The zero-order valence-electron chi connectivity index (χ0n) is 8.81. The van der Waals surface area contributed by atoms with Crippen LogP contribution >= 0.6 is 0 Å². The highest BCUT2D eigenvalue weighted by molar-refractivity contribution is 5.75. The van der Waals surface area contributed by atoms with Gasteiger partial charge in [-0.1, -0.05) is 0 Å². The third-order valence-electron chi connectivity index (χ3n) is 2.15. The first-order chi connectivity index (χ1) is 7.07. The maximum absolute atomic E-state index is 13.5. The SMILES string of the molecule is CCOC(=O)C(F)[C@H](N)c1cccn1C. The molecule has 0 aliphatic rings. The lowest BCUT2D eigenvalue weighted by Gasteiger charge is -2.16. The Hall–Kier alpha value is -1.36. The van der Waals surface area contributed by atoms with Crippen molar-refractivity contribution in [3.05, 3.63) is 24.0 Å². The van der Waals surface area contributed by atoms with E-state index in [4.69, 9.17) is 5.73 Å². The van der Waals surface area contributed by atoms with Crippen molar-refractivity contribution in [2.75, 3.05) is 6.61 Å². The topological polar surface area (TPSA) is 57.2 Å². The standard InChI is InChI=1S/C10H15FN2O2/c1-3-15-10(14)8(11)9(12)7-5-4-6-13(7)2/h4-6,8-9H,3,12H2,1-2H3/t8?,9-/m1/s1. The van der Waals surface area contributed by atoms with E-state index in [1.807, 2.05) is 0 Å². The summed E-state index contributed by atoms with van der Waals surface area (Å²) in [6.45, 7) is 1.78. The molecule has 0 radical (unpaired) electrons. The number of rotatable bonds is 4. The van der Waals surface area contributed by atoms with E-state index in [1.165, 1.54) is 0 Å². The van der Waals surface area contributed by atoms with Crippen LogP contribution in [0.3, 0.4) is 0 Å². The van der Waals surface area contributed by atoms with E-state index in [9.17, 15) is 9.18 Å². The van der Waals surface area contributed by atoms with E-state index in [0.717, 1.165) is 0 Å². The van der Waals surface area contributed by atoms with Crippen LogP contribution in [0.25, 0.3) is 0 Å². The fourth-order valence-corrected chi connectivity index (χ4v) is 1.34. The molecular weight excluding hydrogens is 199 g/mol. The molecule has 84 valence electrons. The van der Waals surface area contributed by atoms with Crippen molar-refractivity contribution >= 4 is 5.97 Å². The molecule has 1 aromatic rings. The van der Waals surface area contributed by atoms with Crippen molar-refractivity contribution < 1.29 is 13.9 Å². The van der Waals surface area contributed by atoms with Crippen molar-refractivity contribution in [3.63, 3.8) is 0 Å². The fraction of sp³-hybridized carbons (Fsp3) is 0.500. The van der Waals surface area contributed by atoms with Crippen LogP contribution in [0.2, 0.25) is 0 Å². The summed E-state index contributed by atoms with van der Waals surface area (Å²) in [6.07, 6.45) is -0.0777. The first-order valence-electron chi connectivity index (χ1n) is 4.75. The van der Waals surface area contributed by atoms with Gasteiger partial charge in [0.25, 0.3) is 0 Å². The van der Waals surface area contributed by atoms with Gasteiger partial charge in [0.2, 0.25) is 6.17 Å². The second kappa shape index (κ2) is 4.93. The maximum Gasteiger partial charge on any atom is 0.342 e. The number of nitrogens with zero attached hydrogens (tertiary/aromatic N) is 1. The van der Waals surface area contributed by atoms with Crippen LogP contribution in [0.4, 0.5) is 4.39 Å². The van der Waals surface area contributed by atoms with Crippen LogP contribution in [0.5, 0.6) is 0 Å². The molecule has 0 aromatic carbocycles. The summed E-state index contributed by atoms with van der Waals surface area (Å²) in [5, 5.41) is 0. The summed E-state index contributed by atoms with van der Waals surface area (Å²) in [5.41, 5.74) is 6.18. The van der Waals surface area contributed by atoms with Gasteiger partial charge in [-0.2, -0.15) is 0 Å². The minimum Gasteiger partial charge on any atom is -0.464 e. The Labute approximate surface area is 87.8 Å². The normalized spacial score (nSPS) is 14.7. The number of carbonyl (C=O) groups excluding carboxylic acids is 1. The molecule has 4 nitrogen and oxygen atoms in total. The van der Waals surface area contributed by atoms with Gasteiger partial charge in [0.15, 0.2) is 0 Å². The molecule has 0 amide bonds. The maximum atomic E-state index is 13.5. The summed E-state index contributed by atoms with van der Waals surface area (Å²) in [5.74, 6) is -0.911. The van der Waals surface area contributed by atoms with Crippen LogP contribution in [0.1, 0.15) is 18.7 Å². The van der Waals surface area contributed by atoms with Crippen LogP contribution < -0.4 is 5.73 Å². The Balaban J connectivity index is 2.72. The van der Waals surface area contributed by atoms with Crippen LogP contribution in [0, 0.1) is 0 Å². The molecule has 2 N–H and O–H groups in total. The summed E-state index contributed by atoms with van der Waals surface area (Å²) in [7, 11) is 1.74.